The van der Waals surface area contributed by atoms with Crippen LogP contribution in [0.15, 0.2) is 12.1 Å². The molecule has 11 heavy (non-hydrogen) atoms. The molecule has 1 aromatic carbocycles. The summed E-state index contributed by atoms with van der Waals surface area (Å²) in [6.45, 7) is 0. The van der Waals surface area contributed by atoms with Gasteiger partial charge in [-0.2, -0.15) is 0 Å². The van der Waals surface area contributed by atoms with Crippen LogP contribution in [0.2, 0.25) is 15.1 Å². The van der Waals surface area contributed by atoms with Crippen LogP contribution in [0.25, 0.3) is 0 Å². The summed E-state index contributed by atoms with van der Waals surface area (Å²) in [6, 6.07) is 3.25. The summed E-state index contributed by atoms with van der Waals surface area (Å²) in [5.74, 6) is 0. The highest BCUT2D eigenvalue weighted by Crippen LogP contribution is 2.27. The number of halogens is 3. The van der Waals surface area contributed by atoms with E-state index in [1.165, 1.54) is 0 Å². The molecular formula is C6H3Cl3OSi. The van der Waals surface area contributed by atoms with Gasteiger partial charge < -0.3 is 4.80 Å². The number of hydrogen-bond donors (Lipinski definition) is 1. The summed E-state index contributed by atoms with van der Waals surface area (Å²) in [5.41, 5.74) is 0. The van der Waals surface area contributed by atoms with Crippen molar-refractivity contribution in [1.29, 1.82) is 0 Å². The molecule has 5 heteroatoms. The molecule has 0 aliphatic heterocycles. The van der Waals surface area contributed by atoms with Crippen molar-refractivity contribution in [2.24, 2.45) is 0 Å². The Morgan fingerprint density at radius 2 is 1.73 bits per heavy atom. The van der Waals surface area contributed by atoms with E-state index in [1.54, 1.807) is 12.1 Å². The summed E-state index contributed by atoms with van der Waals surface area (Å²) in [4.78, 5) is 8.78. The van der Waals surface area contributed by atoms with E-state index in [-0.39, 0.29) is 9.76 Å². The Bertz CT molecular complexity index is 277. The molecule has 0 saturated carbocycles. The van der Waals surface area contributed by atoms with Gasteiger partial charge in [-0.25, -0.2) is 0 Å². The van der Waals surface area contributed by atoms with Crippen LogP contribution in [0.4, 0.5) is 0 Å². The fraction of sp³-hybridized carbons (Fsp3) is 0. The molecule has 0 spiro atoms. The van der Waals surface area contributed by atoms with Gasteiger partial charge in [-0.1, -0.05) is 40.9 Å². The zero-order valence-corrected chi connectivity index (χ0v) is 8.50. The van der Waals surface area contributed by atoms with E-state index >= 15 is 0 Å². The molecule has 0 amide bonds. The molecule has 0 aliphatic carbocycles. The lowest BCUT2D eigenvalue weighted by atomic mass is 10.3. The largest absolute Gasteiger partial charge is 0.428 e. The Balaban J connectivity index is 3.25. The van der Waals surface area contributed by atoms with Crippen LogP contribution in [0.3, 0.4) is 0 Å². The first-order chi connectivity index (χ1) is 5.16. The zero-order valence-electron chi connectivity index (χ0n) is 5.24. The lowest BCUT2D eigenvalue weighted by Crippen LogP contribution is -2.14. The van der Waals surface area contributed by atoms with Crippen molar-refractivity contribution in [3.8, 4) is 0 Å². The Labute approximate surface area is 81.8 Å². The maximum atomic E-state index is 8.78. The average Bonchev–Trinajstić information content (AvgIpc) is 2.01. The van der Waals surface area contributed by atoms with E-state index in [9.17, 15) is 0 Å². The van der Waals surface area contributed by atoms with Crippen LogP contribution >= 0.6 is 34.8 Å². The SMILES string of the molecule is O[Si]c1ccc(Cl)c(Cl)c1Cl. The maximum absolute atomic E-state index is 8.78. The van der Waals surface area contributed by atoms with Crippen molar-refractivity contribution in [2.75, 3.05) is 0 Å². The molecule has 1 aromatic rings. The third kappa shape index (κ3) is 1.89. The van der Waals surface area contributed by atoms with Crippen LogP contribution in [-0.4, -0.2) is 14.6 Å². The molecule has 0 saturated heterocycles. The molecule has 0 atom stereocenters. The molecule has 1 nitrogen and oxygen atoms in total. The monoisotopic (exact) mass is 224 g/mol. The van der Waals surface area contributed by atoms with E-state index in [0.717, 1.165) is 0 Å². The Morgan fingerprint density at radius 3 is 2.27 bits per heavy atom. The summed E-state index contributed by atoms with van der Waals surface area (Å²) in [5, 5.41) is 1.65. The van der Waals surface area contributed by atoms with E-state index in [1.807, 2.05) is 0 Å². The minimum absolute atomic E-state index is 0.299. The number of rotatable bonds is 1. The van der Waals surface area contributed by atoms with Gasteiger partial charge in [0.05, 0.1) is 15.1 Å². The van der Waals surface area contributed by atoms with E-state index in [4.69, 9.17) is 39.6 Å². The molecule has 0 aliphatic rings. The lowest BCUT2D eigenvalue weighted by Gasteiger charge is -2.01. The minimum atomic E-state index is -0.353. The summed E-state index contributed by atoms with van der Waals surface area (Å²) >= 11 is 17.1. The van der Waals surface area contributed by atoms with Crippen LogP contribution < -0.4 is 5.19 Å². The summed E-state index contributed by atoms with van der Waals surface area (Å²) < 4.78 is 0. The van der Waals surface area contributed by atoms with E-state index in [2.05, 4.69) is 0 Å². The van der Waals surface area contributed by atoms with Gasteiger partial charge in [-0.05, 0) is 11.3 Å². The van der Waals surface area contributed by atoms with Gasteiger partial charge in [0.15, 0.2) is 0 Å². The minimum Gasteiger partial charge on any atom is -0.428 e. The quantitative estimate of drug-likeness (QED) is 0.572. The molecule has 0 heterocycles. The third-order valence-electron chi connectivity index (χ3n) is 1.16. The van der Waals surface area contributed by atoms with Gasteiger partial charge in [0.25, 0.3) is 9.76 Å². The normalized spacial score (nSPS) is 10.2. The smallest absolute Gasteiger partial charge is 0.267 e. The predicted octanol–water partition coefficient (Wildman–Crippen LogP) is 1.88. The first kappa shape index (κ1) is 9.36. The molecule has 1 rings (SSSR count). The van der Waals surface area contributed by atoms with E-state index < -0.39 is 0 Å². The molecule has 0 bridgehead atoms. The maximum Gasteiger partial charge on any atom is 0.267 e. The van der Waals surface area contributed by atoms with Crippen LogP contribution in [-0.2, 0) is 0 Å². The standard InChI is InChI=1S/C6H3Cl3OSi/c7-3-1-2-4(11-10)6(9)5(3)8/h1-2,10H. The zero-order chi connectivity index (χ0) is 8.43. The Kier molecular flexibility index (Phi) is 3.22. The van der Waals surface area contributed by atoms with Crippen molar-refractivity contribution < 1.29 is 4.80 Å². The van der Waals surface area contributed by atoms with Crippen molar-refractivity contribution in [3.63, 3.8) is 0 Å². The first-order valence-electron chi connectivity index (χ1n) is 2.70. The Hall–Kier alpha value is 0.267. The fourth-order valence-corrected chi connectivity index (χ4v) is 1.73. The van der Waals surface area contributed by atoms with Crippen LogP contribution in [0.5, 0.6) is 0 Å². The highest BCUT2D eigenvalue weighted by atomic mass is 35.5. The van der Waals surface area contributed by atoms with Gasteiger partial charge in [-0.3, -0.25) is 0 Å². The molecule has 0 fully saturated rings. The van der Waals surface area contributed by atoms with Crippen molar-refractivity contribution in [2.45, 2.75) is 0 Å². The van der Waals surface area contributed by atoms with Crippen molar-refractivity contribution in [3.05, 3.63) is 27.2 Å². The van der Waals surface area contributed by atoms with Gasteiger partial charge in [0, 0.05) is 0 Å². The number of hydrogen-bond acceptors (Lipinski definition) is 1. The molecular weight excluding hydrogens is 223 g/mol. The fourth-order valence-electron chi connectivity index (χ4n) is 0.612. The topological polar surface area (TPSA) is 20.2 Å². The molecule has 58 valence electrons. The van der Waals surface area contributed by atoms with Gasteiger partial charge in [-0.15, -0.1) is 0 Å². The van der Waals surface area contributed by atoms with Gasteiger partial charge in [0.1, 0.15) is 0 Å². The highest BCUT2D eigenvalue weighted by molar-refractivity contribution is 6.57. The molecule has 1 N–H and O–H groups in total. The van der Waals surface area contributed by atoms with Gasteiger partial charge in [0.2, 0.25) is 0 Å². The first-order valence-corrected chi connectivity index (χ1v) is 4.78. The second kappa shape index (κ2) is 3.78. The Morgan fingerprint density at radius 1 is 1.09 bits per heavy atom. The van der Waals surface area contributed by atoms with E-state index in [0.29, 0.717) is 20.3 Å². The van der Waals surface area contributed by atoms with Crippen molar-refractivity contribution >= 4 is 49.8 Å². The predicted molar refractivity (Wildman–Crippen MR) is 49.1 cm³/mol. The second-order valence-corrected chi connectivity index (χ2v) is 3.76. The highest BCUT2D eigenvalue weighted by Gasteiger charge is 2.07. The van der Waals surface area contributed by atoms with Crippen LogP contribution in [0, 0.1) is 0 Å². The summed E-state index contributed by atoms with van der Waals surface area (Å²) in [6.07, 6.45) is 0. The van der Waals surface area contributed by atoms with Gasteiger partial charge >= 0.3 is 0 Å². The molecule has 0 unspecified atom stereocenters. The van der Waals surface area contributed by atoms with Crippen LogP contribution in [0.1, 0.15) is 0 Å². The lowest BCUT2D eigenvalue weighted by molar-refractivity contribution is 0.615. The molecule has 2 radical (unpaired) electrons. The molecule has 0 aromatic heterocycles. The van der Waals surface area contributed by atoms with Crippen molar-refractivity contribution in [1.82, 2.24) is 0 Å². The average molecular weight is 226 g/mol. The number of benzene rings is 1. The summed E-state index contributed by atoms with van der Waals surface area (Å²) in [7, 11) is -0.353. The third-order valence-corrected chi connectivity index (χ3v) is 3.27. The second-order valence-electron chi connectivity index (χ2n) is 1.83.